The minimum Gasteiger partial charge on any atom is -0.351 e. The van der Waals surface area contributed by atoms with Gasteiger partial charge in [-0.1, -0.05) is 37.3 Å². The van der Waals surface area contributed by atoms with Crippen molar-refractivity contribution in [1.82, 2.24) is 15.5 Å². The van der Waals surface area contributed by atoms with Crippen LogP contribution in [0.1, 0.15) is 40.2 Å². The number of aryl methyl sites for hydroxylation is 1. The van der Waals surface area contributed by atoms with Gasteiger partial charge in [-0.15, -0.1) is 23.7 Å². The second-order valence-electron chi connectivity index (χ2n) is 6.39. The van der Waals surface area contributed by atoms with Gasteiger partial charge in [-0.05, 0) is 29.0 Å². The number of carbonyl (C=O) groups excluding carboxylic acids is 2. The second-order valence-corrected chi connectivity index (χ2v) is 7.33. The Morgan fingerprint density at radius 3 is 2.70 bits per heavy atom. The number of halogens is 1. The molecule has 1 unspecified atom stereocenters. The molecule has 0 saturated carbocycles. The third-order valence-corrected chi connectivity index (χ3v) is 5.57. The molecule has 1 aliphatic rings. The van der Waals surface area contributed by atoms with Crippen molar-refractivity contribution in [3.05, 3.63) is 57.8 Å². The number of carbonyl (C=O) groups is 2. The first-order chi connectivity index (χ1) is 12.7. The van der Waals surface area contributed by atoms with E-state index in [1.165, 1.54) is 16.9 Å². The summed E-state index contributed by atoms with van der Waals surface area (Å²) >= 11 is 1.40. The van der Waals surface area contributed by atoms with Gasteiger partial charge in [0.2, 0.25) is 5.91 Å². The number of hydrogen-bond acceptors (Lipinski definition) is 4. The minimum absolute atomic E-state index is 0. The maximum Gasteiger partial charge on any atom is 0.261 e. The smallest absolute Gasteiger partial charge is 0.261 e. The Labute approximate surface area is 170 Å². The van der Waals surface area contributed by atoms with E-state index < -0.39 is 0 Å². The van der Waals surface area contributed by atoms with Gasteiger partial charge in [0.15, 0.2) is 0 Å². The quantitative estimate of drug-likeness (QED) is 0.773. The summed E-state index contributed by atoms with van der Waals surface area (Å²) in [5.74, 6) is -0.0256. The van der Waals surface area contributed by atoms with E-state index in [4.69, 9.17) is 0 Å². The Morgan fingerprint density at radius 1 is 1.26 bits per heavy atom. The van der Waals surface area contributed by atoms with Gasteiger partial charge in [-0.2, -0.15) is 0 Å². The van der Waals surface area contributed by atoms with Gasteiger partial charge in [0.1, 0.15) is 0 Å². The van der Waals surface area contributed by atoms with Crippen molar-refractivity contribution >= 4 is 35.6 Å². The Morgan fingerprint density at radius 2 is 2.04 bits per heavy atom. The standard InChI is InChI=1S/C20H25N3O2S.ClH/c1-2-15-5-7-16(8-6-15)17-14-21-11-12-23(17)19(24)9-10-22-20(25)18-4-3-13-26-18;/h3-8,13,17,21H,2,9-12,14H2,1H3,(H,22,25);1H. The van der Waals surface area contributed by atoms with Crippen molar-refractivity contribution < 1.29 is 9.59 Å². The lowest BCUT2D eigenvalue weighted by Gasteiger charge is -2.36. The maximum atomic E-state index is 12.7. The van der Waals surface area contributed by atoms with Crippen LogP contribution in [0.2, 0.25) is 0 Å². The third kappa shape index (κ3) is 5.54. The molecule has 0 spiro atoms. The first kappa shape index (κ1) is 21.4. The molecule has 1 saturated heterocycles. The van der Waals surface area contributed by atoms with E-state index >= 15 is 0 Å². The molecule has 1 fully saturated rings. The Hall–Kier alpha value is -1.89. The molecule has 1 aromatic carbocycles. The lowest BCUT2D eigenvalue weighted by atomic mass is 10.0. The highest BCUT2D eigenvalue weighted by atomic mass is 35.5. The van der Waals surface area contributed by atoms with Gasteiger partial charge < -0.3 is 15.5 Å². The number of benzene rings is 1. The average molecular weight is 408 g/mol. The molecule has 2 amide bonds. The van der Waals surface area contributed by atoms with Crippen molar-refractivity contribution in [3.63, 3.8) is 0 Å². The Balaban J connectivity index is 0.00000261. The summed E-state index contributed by atoms with van der Waals surface area (Å²) < 4.78 is 0. The van der Waals surface area contributed by atoms with Gasteiger partial charge in [0.25, 0.3) is 5.91 Å². The van der Waals surface area contributed by atoms with Gasteiger partial charge >= 0.3 is 0 Å². The van der Waals surface area contributed by atoms with Gasteiger partial charge in [0, 0.05) is 32.6 Å². The normalized spacial score (nSPS) is 16.5. The fraction of sp³-hybridized carbons (Fsp3) is 0.400. The highest BCUT2D eigenvalue weighted by Crippen LogP contribution is 2.23. The molecule has 2 heterocycles. The van der Waals surface area contributed by atoms with E-state index in [-0.39, 0.29) is 30.3 Å². The van der Waals surface area contributed by atoms with E-state index in [0.29, 0.717) is 24.4 Å². The monoisotopic (exact) mass is 407 g/mol. The van der Waals surface area contributed by atoms with Crippen LogP contribution >= 0.6 is 23.7 Å². The van der Waals surface area contributed by atoms with Crippen LogP contribution in [0.3, 0.4) is 0 Å². The summed E-state index contributed by atoms with van der Waals surface area (Å²) in [4.78, 5) is 27.3. The Kier molecular flexibility index (Phi) is 8.28. The zero-order valence-corrected chi connectivity index (χ0v) is 17.1. The third-order valence-electron chi connectivity index (χ3n) is 4.71. The first-order valence-corrected chi connectivity index (χ1v) is 9.97. The molecule has 7 heteroatoms. The molecule has 0 aliphatic carbocycles. The topological polar surface area (TPSA) is 61.4 Å². The van der Waals surface area contributed by atoms with Crippen LogP contribution in [0.5, 0.6) is 0 Å². The summed E-state index contributed by atoms with van der Waals surface area (Å²) in [7, 11) is 0. The van der Waals surface area contributed by atoms with Crippen LogP contribution in [-0.2, 0) is 11.2 Å². The van der Waals surface area contributed by atoms with E-state index in [9.17, 15) is 9.59 Å². The molecule has 0 bridgehead atoms. The lowest BCUT2D eigenvalue weighted by molar-refractivity contribution is -0.134. The van der Waals surface area contributed by atoms with Crippen molar-refractivity contribution in [2.75, 3.05) is 26.2 Å². The predicted molar refractivity (Wildman–Crippen MR) is 112 cm³/mol. The van der Waals surface area contributed by atoms with E-state index in [1.807, 2.05) is 16.3 Å². The van der Waals surface area contributed by atoms with Crippen LogP contribution in [0, 0.1) is 0 Å². The number of thiophene rings is 1. The molecular formula is C20H26ClN3O2S. The van der Waals surface area contributed by atoms with Crippen molar-refractivity contribution in [3.8, 4) is 0 Å². The molecule has 2 aromatic rings. The van der Waals surface area contributed by atoms with Crippen LogP contribution in [-0.4, -0.2) is 42.9 Å². The van der Waals surface area contributed by atoms with Crippen LogP contribution in [0.25, 0.3) is 0 Å². The van der Waals surface area contributed by atoms with E-state index in [1.54, 1.807) is 6.07 Å². The van der Waals surface area contributed by atoms with Gasteiger partial charge in [-0.3, -0.25) is 9.59 Å². The molecule has 0 radical (unpaired) electrons. The number of rotatable bonds is 6. The fourth-order valence-electron chi connectivity index (χ4n) is 3.20. The Bertz CT molecular complexity index is 734. The average Bonchev–Trinajstić information content (AvgIpc) is 3.23. The van der Waals surface area contributed by atoms with Crippen molar-refractivity contribution in [2.24, 2.45) is 0 Å². The number of hydrogen-bond donors (Lipinski definition) is 2. The van der Waals surface area contributed by atoms with Crippen LogP contribution < -0.4 is 10.6 Å². The molecule has 2 N–H and O–H groups in total. The minimum atomic E-state index is -0.111. The SMILES string of the molecule is CCc1ccc(C2CNCCN2C(=O)CCNC(=O)c2cccs2)cc1.Cl. The molecule has 5 nitrogen and oxygen atoms in total. The van der Waals surface area contributed by atoms with Gasteiger partial charge in [-0.25, -0.2) is 0 Å². The predicted octanol–water partition coefficient (Wildman–Crippen LogP) is 3.03. The fourth-order valence-corrected chi connectivity index (χ4v) is 3.84. The zero-order valence-electron chi connectivity index (χ0n) is 15.4. The highest BCUT2D eigenvalue weighted by Gasteiger charge is 2.27. The zero-order chi connectivity index (χ0) is 18.4. The lowest BCUT2D eigenvalue weighted by Crippen LogP contribution is -2.49. The number of amides is 2. The molecule has 27 heavy (non-hydrogen) atoms. The number of nitrogens with one attached hydrogen (secondary N) is 2. The molecule has 146 valence electrons. The van der Waals surface area contributed by atoms with Crippen LogP contribution in [0.15, 0.2) is 41.8 Å². The second kappa shape index (κ2) is 10.4. The number of nitrogens with zero attached hydrogens (tertiary/aromatic N) is 1. The highest BCUT2D eigenvalue weighted by molar-refractivity contribution is 7.12. The largest absolute Gasteiger partial charge is 0.351 e. The molecule has 1 aromatic heterocycles. The van der Waals surface area contributed by atoms with Crippen molar-refractivity contribution in [2.45, 2.75) is 25.8 Å². The number of piperazine rings is 1. The molecule has 3 rings (SSSR count). The van der Waals surface area contributed by atoms with E-state index in [0.717, 1.165) is 25.1 Å². The summed E-state index contributed by atoms with van der Waals surface area (Å²) in [6, 6.07) is 12.2. The first-order valence-electron chi connectivity index (χ1n) is 9.09. The van der Waals surface area contributed by atoms with E-state index in [2.05, 4.69) is 41.8 Å². The summed E-state index contributed by atoms with van der Waals surface area (Å²) in [5.41, 5.74) is 2.46. The van der Waals surface area contributed by atoms with Gasteiger partial charge in [0.05, 0.1) is 10.9 Å². The summed E-state index contributed by atoms with van der Waals surface area (Å²) in [6.45, 7) is 4.76. The molecule has 1 aliphatic heterocycles. The van der Waals surface area contributed by atoms with Crippen molar-refractivity contribution in [1.29, 1.82) is 0 Å². The molecule has 1 atom stereocenters. The maximum absolute atomic E-state index is 12.7. The molecular weight excluding hydrogens is 382 g/mol. The summed E-state index contributed by atoms with van der Waals surface area (Å²) in [5, 5.41) is 8.08. The van der Waals surface area contributed by atoms with Crippen LogP contribution in [0.4, 0.5) is 0 Å². The summed E-state index contributed by atoms with van der Waals surface area (Å²) in [6.07, 6.45) is 1.33.